The van der Waals surface area contributed by atoms with E-state index in [1.165, 1.54) is 0 Å². The summed E-state index contributed by atoms with van der Waals surface area (Å²) in [7, 11) is 0. The Morgan fingerprint density at radius 3 is 2.63 bits per heavy atom. The lowest BCUT2D eigenvalue weighted by molar-refractivity contribution is -0.155. The van der Waals surface area contributed by atoms with Crippen molar-refractivity contribution >= 4 is 11.8 Å². The number of carbonyl (C=O) groups is 2. The minimum atomic E-state index is -0.353. The molecule has 1 N–H and O–H groups in total. The van der Waals surface area contributed by atoms with Crippen molar-refractivity contribution in [1.82, 2.24) is 10.2 Å². The number of ether oxygens (including phenoxy) is 1. The molecule has 108 valence electrons. The fourth-order valence-corrected chi connectivity index (χ4v) is 3.11. The van der Waals surface area contributed by atoms with Crippen molar-refractivity contribution in [3.8, 4) is 0 Å². The largest absolute Gasteiger partial charge is 0.378 e. The Bertz CT molecular complexity index is 359. The van der Waals surface area contributed by atoms with Crippen LogP contribution < -0.4 is 5.32 Å². The van der Waals surface area contributed by atoms with Crippen molar-refractivity contribution in [2.45, 2.75) is 70.7 Å². The van der Waals surface area contributed by atoms with Crippen LogP contribution in [0, 0.1) is 0 Å². The van der Waals surface area contributed by atoms with E-state index in [1.54, 1.807) is 0 Å². The highest BCUT2D eigenvalue weighted by molar-refractivity contribution is 5.97. The monoisotopic (exact) mass is 268 g/mol. The average molecular weight is 268 g/mol. The maximum Gasteiger partial charge on any atom is 0.246 e. The molecule has 0 aliphatic carbocycles. The predicted molar refractivity (Wildman–Crippen MR) is 71.6 cm³/mol. The van der Waals surface area contributed by atoms with Gasteiger partial charge in [-0.05, 0) is 32.6 Å². The molecule has 0 bridgehead atoms. The molecule has 0 spiro atoms. The number of nitrogens with one attached hydrogen (secondary N) is 1. The van der Waals surface area contributed by atoms with E-state index >= 15 is 0 Å². The molecule has 5 nitrogen and oxygen atoms in total. The first-order chi connectivity index (χ1) is 9.08. The molecule has 0 aromatic heterocycles. The Morgan fingerprint density at radius 1 is 1.32 bits per heavy atom. The van der Waals surface area contributed by atoms with E-state index in [9.17, 15) is 9.59 Å². The standard InChI is InChI=1S/C14H24N2O3/c1-4-11-14(18)16(12(5-2)13(17)15-11)10-6-7-19-9(3)8-10/h9-12H,4-8H2,1-3H3,(H,15,17). The van der Waals surface area contributed by atoms with Gasteiger partial charge in [-0.1, -0.05) is 13.8 Å². The van der Waals surface area contributed by atoms with Gasteiger partial charge in [-0.25, -0.2) is 0 Å². The van der Waals surface area contributed by atoms with E-state index in [2.05, 4.69) is 5.32 Å². The van der Waals surface area contributed by atoms with Crippen LogP contribution in [-0.2, 0) is 14.3 Å². The molecule has 2 saturated heterocycles. The Morgan fingerprint density at radius 2 is 2.05 bits per heavy atom. The van der Waals surface area contributed by atoms with Gasteiger partial charge in [-0.2, -0.15) is 0 Å². The lowest BCUT2D eigenvalue weighted by Crippen LogP contribution is -2.66. The van der Waals surface area contributed by atoms with Gasteiger partial charge in [0.2, 0.25) is 11.8 Å². The molecule has 2 aliphatic rings. The third-order valence-electron chi connectivity index (χ3n) is 4.15. The summed E-state index contributed by atoms with van der Waals surface area (Å²) in [4.78, 5) is 26.5. The quantitative estimate of drug-likeness (QED) is 0.833. The van der Waals surface area contributed by atoms with E-state index < -0.39 is 0 Å². The van der Waals surface area contributed by atoms with Crippen LogP contribution in [0.25, 0.3) is 0 Å². The second-order valence-corrected chi connectivity index (χ2v) is 5.50. The molecule has 2 aliphatic heterocycles. The predicted octanol–water partition coefficient (Wildman–Crippen LogP) is 1.07. The minimum absolute atomic E-state index is 0.00639. The molecular formula is C14H24N2O3. The molecule has 0 saturated carbocycles. The number of rotatable bonds is 3. The summed E-state index contributed by atoms with van der Waals surface area (Å²) < 4.78 is 5.54. The molecule has 0 aromatic rings. The first-order valence-corrected chi connectivity index (χ1v) is 7.32. The third kappa shape index (κ3) is 2.76. The van der Waals surface area contributed by atoms with Gasteiger partial charge in [0.25, 0.3) is 0 Å². The summed E-state index contributed by atoms with van der Waals surface area (Å²) in [5.74, 6) is 0.0705. The molecule has 2 rings (SSSR count). The Kier molecular flexibility index (Phi) is 4.45. The van der Waals surface area contributed by atoms with Gasteiger partial charge in [0.05, 0.1) is 6.10 Å². The number of amides is 2. The minimum Gasteiger partial charge on any atom is -0.378 e. The van der Waals surface area contributed by atoms with Crippen molar-refractivity contribution in [2.24, 2.45) is 0 Å². The summed E-state index contributed by atoms with van der Waals surface area (Å²) in [6.45, 7) is 6.59. The summed E-state index contributed by atoms with van der Waals surface area (Å²) in [6, 6.07) is -0.527. The highest BCUT2D eigenvalue weighted by Gasteiger charge is 2.43. The molecular weight excluding hydrogens is 244 g/mol. The maximum absolute atomic E-state index is 12.5. The second kappa shape index (κ2) is 5.90. The molecule has 2 amide bonds. The topological polar surface area (TPSA) is 58.6 Å². The normalized spacial score (nSPS) is 36.3. The molecule has 0 aromatic carbocycles. The fraction of sp³-hybridized carbons (Fsp3) is 0.857. The molecule has 5 heteroatoms. The van der Waals surface area contributed by atoms with Crippen LogP contribution in [0.1, 0.15) is 46.5 Å². The summed E-state index contributed by atoms with van der Waals surface area (Å²) in [5, 5.41) is 2.84. The Balaban J connectivity index is 2.21. The third-order valence-corrected chi connectivity index (χ3v) is 4.15. The molecule has 0 radical (unpaired) electrons. The van der Waals surface area contributed by atoms with Gasteiger partial charge in [-0.3, -0.25) is 9.59 Å². The van der Waals surface area contributed by atoms with Gasteiger partial charge >= 0.3 is 0 Å². The van der Waals surface area contributed by atoms with Crippen LogP contribution in [0.2, 0.25) is 0 Å². The smallest absolute Gasteiger partial charge is 0.246 e. The summed E-state index contributed by atoms with van der Waals surface area (Å²) >= 11 is 0. The van der Waals surface area contributed by atoms with E-state index in [-0.39, 0.29) is 36.0 Å². The van der Waals surface area contributed by atoms with Gasteiger partial charge in [0.1, 0.15) is 12.1 Å². The highest BCUT2D eigenvalue weighted by Crippen LogP contribution is 2.25. The average Bonchev–Trinajstić information content (AvgIpc) is 2.40. The van der Waals surface area contributed by atoms with Crippen LogP contribution in [-0.4, -0.2) is 47.6 Å². The molecule has 4 atom stereocenters. The van der Waals surface area contributed by atoms with Gasteiger partial charge in [0, 0.05) is 12.6 Å². The van der Waals surface area contributed by atoms with Crippen molar-refractivity contribution < 1.29 is 14.3 Å². The molecule has 4 unspecified atom stereocenters. The zero-order chi connectivity index (χ0) is 14.0. The number of carbonyl (C=O) groups excluding carboxylic acids is 2. The van der Waals surface area contributed by atoms with Crippen molar-refractivity contribution in [3.63, 3.8) is 0 Å². The van der Waals surface area contributed by atoms with Crippen molar-refractivity contribution in [2.75, 3.05) is 6.61 Å². The van der Waals surface area contributed by atoms with Gasteiger partial charge in [-0.15, -0.1) is 0 Å². The summed E-state index contributed by atoms with van der Waals surface area (Å²) in [6.07, 6.45) is 3.13. The zero-order valence-electron chi connectivity index (χ0n) is 12.0. The number of hydrogen-bond acceptors (Lipinski definition) is 3. The first kappa shape index (κ1) is 14.3. The van der Waals surface area contributed by atoms with Crippen molar-refractivity contribution in [1.29, 1.82) is 0 Å². The van der Waals surface area contributed by atoms with Crippen LogP contribution >= 0.6 is 0 Å². The van der Waals surface area contributed by atoms with Crippen LogP contribution in [0.4, 0.5) is 0 Å². The SMILES string of the molecule is CCC1NC(=O)C(CC)N(C2CCOC(C)C2)C1=O. The fourth-order valence-electron chi connectivity index (χ4n) is 3.11. The van der Waals surface area contributed by atoms with Gasteiger partial charge < -0.3 is 15.0 Å². The Hall–Kier alpha value is -1.10. The zero-order valence-corrected chi connectivity index (χ0v) is 12.0. The highest BCUT2D eigenvalue weighted by atomic mass is 16.5. The summed E-state index contributed by atoms with van der Waals surface area (Å²) in [5.41, 5.74) is 0. The van der Waals surface area contributed by atoms with Gasteiger partial charge in [0.15, 0.2) is 0 Å². The lowest BCUT2D eigenvalue weighted by Gasteiger charge is -2.45. The van der Waals surface area contributed by atoms with E-state index in [4.69, 9.17) is 4.74 Å². The maximum atomic E-state index is 12.5. The number of piperazine rings is 1. The Labute approximate surface area is 114 Å². The van der Waals surface area contributed by atoms with Crippen molar-refractivity contribution in [3.05, 3.63) is 0 Å². The number of hydrogen-bond donors (Lipinski definition) is 1. The van der Waals surface area contributed by atoms with Crippen LogP contribution in [0.3, 0.4) is 0 Å². The van der Waals surface area contributed by atoms with E-state index in [1.807, 2.05) is 25.7 Å². The molecule has 19 heavy (non-hydrogen) atoms. The van der Waals surface area contributed by atoms with E-state index in [0.717, 1.165) is 12.8 Å². The van der Waals surface area contributed by atoms with E-state index in [0.29, 0.717) is 19.4 Å². The lowest BCUT2D eigenvalue weighted by atomic mass is 9.95. The van der Waals surface area contributed by atoms with Crippen LogP contribution in [0.15, 0.2) is 0 Å². The molecule has 2 heterocycles. The second-order valence-electron chi connectivity index (χ2n) is 5.50. The first-order valence-electron chi connectivity index (χ1n) is 7.32. The molecule has 2 fully saturated rings. The number of nitrogens with zero attached hydrogens (tertiary/aromatic N) is 1. The van der Waals surface area contributed by atoms with Crippen LogP contribution in [0.5, 0.6) is 0 Å².